The van der Waals surface area contributed by atoms with Crippen LogP contribution in [0.3, 0.4) is 0 Å². The number of benzene rings is 1. The van der Waals surface area contributed by atoms with Crippen molar-refractivity contribution in [1.29, 1.82) is 0 Å². The zero-order chi connectivity index (χ0) is 23.0. The second-order valence-electron chi connectivity index (χ2n) is 8.09. The Bertz CT molecular complexity index is 1080. The average Bonchev–Trinajstić information content (AvgIpc) is 3.32. The molecule has 1 atom stereocenters. The maximum Gasteiger partial charge on any atom is 0.255 e. The number of halogens is 1. The fourth-order valence-electron chi connectivity index (χ4n) is 4.05. The van der Waals surface area contributed by atoms with Crippen LogP contribution >= 0.6 is 0 Å². The highest BCUT2D eigenvalue weighted by Crippen LogP contribution is 2.26. The molecule has 0 spiro atoms. The lowest BCUT2D eigenvalue weighted by Crippen LogP contribution is -2.33. The van der Waals surface area contributed by atoms with E-state index in [9.17, 15) is 14.3 Å². The highest BCUT2D eigenvalue weighted by Gasteiger charge is 2.26. The van der Waals surface area contributed by atoms with Gasteiger partial charge in [-0.2, -0.15) is 0 Å². The van der Waals surface area contributed by atoms with Gasteiger partial charge in [0.15, 0.2) is 0 Å². The van der Waals surface area contributed by atoms with Crippen molar-refractivity contribution < 1.29 is 14.3 Å². The molecule has 1 aliphatic rings. The Labute approximate surface area is 192 Å². The van der Waals surface area contributed by atoms with Gasteiger partial charge in [0.25, 0.3) is 5.91 Å². The summed E-state index contributed by atoms with van der Waals surface area (Å²) in [6.07, 6.45) is 5.88. The van der Waals surface area contributed by atoms with Crippen LogP contribution in [0.25, 0.3) is 0 Å². The summed E-state index contributed by atoms with van der Waals surface area (Å²) in [4.78, 5) is 23.8. The van der Waals surface area contributed by atoms with Crippen molar-refractivity contribution >= 4 is 17.5 Å². The molecule has 1 fully saturated rings. The molecule has 0 saturated carbocycles. The summed E-state index contributed by atoms with van der Waals surface area (Å²) in [5.74, 6) is 0.679. The molecule has 0 unspecified atom stereocenters. The summed E-state index contributed by atoms with van der Waals surface area (Å²) in [6.45, 7) is 1.73. The quantitative estimate of drug-likeness (QED) is 0.465. The zero-order valence-corrected chi connectivity index (χ0v) is 18.4. The first-order chi connectivity index (χ1) is 16.1. The summed E-state index contributed by atoms with van der Waals surface area (Å²) in [7, 11) is 0. The molecule has 3 heterocycles. The number of amides is 1. The number of aliphatic hydroxyl groups excluding tert-OH is 1. The van der Waals surface area contributed by atoms with E-state index in [0.29, 0.717) is 30.9 Å². The molecule has 172 valence electrons. The van der Waals surface area contributed by atoms with Crippen LogP contribution in [0.1, 0.15) is 34.3 Å². The van der Waals surface area contributed by atoms with Crippen LogP contribution in [0.5, 0.6) is 0 Å². The van der Waals surface area contributed by atoms with Gasteiger partial charge in [-0.25, -0.2) is 9.37 Å². The predicted octanol–water partition coefficient (Wildman–Crippen LogP) is 3.16. The second-order valence-corrected chi connectivity index (χ2v) is 8.09. The van der Waals surface area contributed by atoms with Crippen molar-refractivity contribution in [3.8, 4) is 0 Å². The van der Waals surface area contributed by atoms with Crippen LogP contribution in [0, 0.1) is 5.82 Å². The predicted molar refractivity (Wildman–Crippen MR) is 126 cm³/mol. The van der Waals surface area contributed by atoms with Crippen molar-refractivity contribution in [2.24, 2.45) is 0 Å². The highest BCUT2D eigenvalue weighted by molar-refractivity contribution is 5.99. The van der Waals surface area contributed by atoms with Crippen LogP contribution < -0.4 is 15.5 Å². The van der Waals surface area contributed by atoms with Gasteiger partial charge in [-0.3, -0.25) is 9.78 Å². The minimum absolute atomic E-state index is 0.0305. The van der Waals surface area contributed by atoms with E-state index in [4.69, 9.17) is 4.98 Å². The Hall–Kier alpha value is -3.52. The van der Waals surface area contributed by atoms with Crippen molar-refractivity contribution in [2.75, 3.05) is 29.9 Å². The molecule has 7 nitrogen and oxygen atoms in total. The fraction of sp³-hybridized carbons (Fsp3) is 0.320. The molecule has 0 aliphatic carbocycles. The standard InChI is InChI=1S/C25H28FN5O2/c26-20-6-1-4-18(14-20)10-12-28-24-22(25(33)29-16-19-5-2-11-27-15-19)8-9-23(30-24)31-13-3-7-21(31)17-32/h1-2,4-6,8-9,11,14-15,21,32H,3,7,10,12-13,16-17H2,(H,28,30)(H,29,33)/t21-/m1/s1. The normalized spacial score (nSPS) is 15.5. The van der Waals surface area contributed by atoms with Crippen LogP contribution in [0.4, 0.5) is 16.0 Å². The van der Waals surface area contributed by atoms with E-state index >= 15 is 0 Å². The molecular weight excluding hydrogens is 421 g/mol. The SMILES string of the molecule is O=C(NCc1cccnc1)c1ccc(N2CCC[C@@H]2CO)nc1NCCc1cccc(F)c1. The van der Waals surface area contributed by atoms with Gasteiger partial charge in [-0.05, 0) is 60.7 Å². The van der Waals surface area contributed by atoms with Gasteiger partial charge in [0, 0.05) is 32.0 Å². The Morgan fingerprint density at radius 3 is 2.85 bits per heavy atom. The topological polar surface area (TPSA) is 90.4 Å². The number of carbonyl (C=O) groups excluding carboxylic acids is 1. The maximum atomic E-state index is 13.5. The molecule has 1 aliphatic heterocycles. The van der Waals surface area contributed by atoms with Gasteiger partial charge in [0.05, 0.1) is 18.2 Å². The van der Waals surface area contributed by atoms with Crippen LogP contribution in [-0.2, 0) is 13.0 Å². The third-order valence-corrected chi connectivity index (χ3v) is 5.78. The van der Waals surface area contributed by atoms with Gasteiger partial charge < -0.3 is 20.6 Å². The number of anilines is 2. The van der Waals surface area contributed by atoms with Crippen LogP contribution in [-0.4, -0.2) is 46.7 Å². The molecule has 3 N–H and O–H groups in total. The first-order valence-electron chi connectivity index (χ1n) is 11.2. The summed E-state index contributed by atoms with van der Waals surface area (Å²) in [5.41, 5.74) is 2.20. The van der Waals surface area contributed by atoms with Gasteiger partial charge in [0.1, 0.15) is 17.5 Å². The molecule has 3 aromatic rings. The first-order valence-corrected chi connectivity index (χ1v) is 11.2. The molecule has 1 aromatic carbocycles. The van der Waals surface area contributed by atoms with E-state index in [1.54, 1.807) is 24.5 Å². The third kappa shape index (κ3) is 5.84. The second kappa shape index (κ2) is 10.9. The number of rotatable bonds is 9. The number of hydrogen-bond acceptors (Lipinski definition) is 6. The molecule has 2 aromatic heterocycles. The number of aromatic nitrogens is 2. The summed E-state index contributed by atoms with van der Waals surface area (Å²) in [6, 6.07) is 13.8. The van der Waals surface area contributed by atoms with E-state index in [-0.39, 0.29) is 24.4 Å². The number of nitrogens with one attached hydrogen (secondary N) is 2. The minimum Gasteiger partial charge on any atom is -0.394 e. The molecule has 0 bridgehead atoms. The van der Waals surface area contributed by atoms with E-state index < -0.39 is 0 Å². The fourth-order valence-corrected chi connectivity index (χ4v) is 4.05. The number of pyridine rings is 2. The minimum atomic E-state index is -0.271. The summed E-state index contributed by atoms with van der Waals surface area (Å²) in [5, 5.41) is 15.9. The smallest absolute Gasteiger partial charge is 0.255 e. The van der Waals surface area contributed by atoms with Crippen molar-refractivity contribution in [3.63, 3.8) is 0 Å². The summed E-state index contributed by atoms with van der Waals surface area (Å²) < 4.78 is 13.5. The van der Waals surface area contributed by atoms with E-state index in [1.807, 2.05) is 24.3 Å². The van der Waals surface area contributed by atoms with Crippen LogP contribution in [0.2, 0.25) is 0 Å². The summed E-state index contributed by atoms with van der Waals surface area (Å²) >= 11 is 0. The van der Waals surface area contributed by atoms with E-state index in [0.717, 1.165) is 36.3 Å². The largest absolute Gasteiger partial charge is 0.394 e. The lowest BCUT2D eigenvalue weighted by atomic mass is 10.1. The van der Waals surface area contributed by atoms with Gasteiger partial charge in [-0.15, -0.1) is 0 Å². The van der Waals surface area contributed by atoms with E-state index in [2.05, 4.69) is 20.5 Å². The highest BCUT2D eigenvalue weighted by atomic mass is 19.1. The average molecular weight is 450 g/mol. The monoisotopic (exact) mass is 449 g/mol. The Balaban J connectivity index is 1.51. The Morgan fingerprint density at radius 1 is 1.18 bits per heavy atom. The van der Waals surface area contributed by atoms with Crippen molar-refractivity contribution in [1.82, 2.24) is 15.3 Å². The number of hydrogen-bond donors (Lipinski definition) is 3. The molecular formula is C25H28FN5O2. The Kier molecular flexibility index (Phi) is 7.47. The molecule has 4 rings (SSSR count). The number of carbonyl (C=O) groups is 1. The maximum absolute atomic E-state index is 13.5. The molecule has 1 amide bonds. The molecule has 0 radical (unpaired) electrons. The van der Waals surface area contributed by atoms with Gasteiger partial charge in [-0.1, -0.05) is 18.2 Å². The van der Waals surface area contributed by atoms with Crippen molar-refractivity contribution in [3.05, 3.63) is 83.4 Å². The van der Waals surface area contributed by atoms with E-state index in [1.165, 1.54) is 12.1 Å². The lowest BCUT2D eigenvalue weighted by Gasteiger charge is -2.25. The third-order valence-electron chi connectivity index (χ3n) is 5.78. The van der Waals surface area contributed by atoms with Gasteiger partial charge >= 0.3 is 0 Å². The van der Waals surface area contributed by atoms with Gasteiger partial charge in [0.2, 0.25) is 0 Å². The molecule has 1 saturated heterocycles. The molecule has 8 heteroatoms. The zero-order valence-electron chi connectivity index (χ0n) is 18.4. The number of aliphatic hydroxyl groups is 1. The first kappa shape index (κ1) is 22.7. The lowest BCUT2D eigenvalue weighted by molar-refractivity contribution is 0.0951. The Morgan fingerprint density at radius 2 is 2.06 bits per heavy atom. The molecule has 33 heavy (non-hydrogen) atoms. The van der Waals surface area contributed by atoms with Crippen LogP contribution in [0.15, 0.2) is 60.9 Å². The van der Waals surface area contributed by atoms with Crippen molar-refractivity contribution in [2.45, 2.75) is 31.8 Å². The number of nitrogens with zero attached hydrogens (tertiary/aromatic N) is 3.